The van der Waals surface area contributed by atoms with Crippen molar-refractivity contribution in [3.63, 3.8) is 0 Å². The molecule has 1 atom stereocenters. The van der Waals surface area contributed by atoms with Gasteiger partial charge in [-0.25, -0.2) is 14.0 Å². The molecule has 1 aliphatic heterocycles. The Balaban J connectivity index is 1.33. The number of amides is 3. The fourth-order valence-electron chi connectivity index (χ4n) is 4.82. The first-order valence-electron chi connectivity index (χ1n) is 13.2. The highest BCUT2D eigenvalue weighted by Crippen LogP contribution is 2.30. The standard InChI is InChI=1S/C28H28ClFN6O5/c1-15(2)36-21-8-6-18(11-19(21)26(38)35(28(36)40)13-16-3-4-16)32-27(39)34-9-10-41-22(14-34)25(37)33-20-7-5-17(12-31)23(29)24(20)30/h5-8,11,15-16,22H,3-4,9-10,13-14H2,1-2H3,(H,32,39)(H,33,37). The molecule has 214 valence electrons. The maximum absolute atomic E-state index is 14.5. The molecule has 2 aromatic carbocycles. The Morgan fingerprint density at radius 1 is 1.20 bits per heavy atom. The summed E-state index contributed by atoms with van der Waals surface area (Å²) in [7, 11) is 0. The highest BCUT2D eigenvalue weighted by molar-refractivity contribution is 6.32. The number of nitrogens with one attached hydrogen (secondary N) is 2. The van der Waals surface area contributed by atoms with Crippen LogP contribution in [-0.4, -0.2) is 51.8 Å². The first-order chi connectivity index (χ1) is 19.6. The molecule has 1 unspecified atom stereocenters. The molecule has 3 amide bonds. The van der Waals surface area contributed by atoms with Gasteiger partial charge in [-0.1, -0.05) is 11.6 Å². The lowest BCUT2D eigenvalue weighted by Gasteiger charge is -2.32. The number of rotatable bonds is 6. The van der Waals surface area contributed by atoms with Gasteiger partial charge < -0.3 is 20.3 Å². The lowest BCUT2D eigenvalue weighted by atomic mass is 10.2. The molecule has 0 spiro atoms. The Labute approximate surface area is 239 Å². The molecule has 1 aliphatic carbocycles. The van der Waals surface area contributed by atoms with Gasteiger partial charge in [-0.15, -0.1) is 0 Å². The van der Waals surface area contributed by atoms with Crippen LogP contribution in [0.15, 0.2) is 39.9 Å². The number of halogens is 2. The van der Waals surface area contributed by atoms with Gasteiger partial charge in [-0.2, -0.15) is 5.26 Å². The molecule has 2 heterocycles. The zero-order chi connectivity index (χ0) is 29.4. The average molecular weight is 583 g/mol. The lowest BCUT2D eigenvalue weighted by molar-refractivity contribution is -0.131. The third-order valence-corrected chi connectivity index (χ3v) is 7.55. The summed E-state index contributed by atoms with van der Waals surface area (Å²) in [5, 5.41) is 14.0. The van der Waals surface area contributed by atoms with Crippen molar-refractivity contribution in [3.8, 4) is 6.07 Å². The van der Waals surface area contributed by atoms with Crippen LogP contribution in [0.1, 0.15) is 38.3 Å². The first-order valence-corrected chi connectivity index (χ1v) is 13.6. The third-order valence-electron chi connectivity index (χ3n) is 7.18. The topological polar surface area (TPSA) is 138 Å². The Morgan fingerprint density at radius 3 is 2.63 bits per heavy atom. The predicted molar refractivity (Wildman–Crippen MR) is 151 cm³/mol. The Bertz CT molecular complexity index is 1710. The molecule has 0 radical (unpaired) electrons. The largest absolute Gasteiger partial charge is 0.365 e. The number of benzene rings is 2. The van der Waals surface area contributed by atoms with Crippen LogP contribution in [0.5, 0.6) is 0 Å². The molecular weight excluding hydrogens is 555 g/mol. The number of hydrogen-bond acceptors (Lipinski definition) is 6. The molecule has 2 N–H and O–H groups in total. The van der Waals surface area contributed by atoms with E-state index in [9.17, 15) is 23.6 Å². The molecule has 1 saturated carbocycles. The minimum atomic E-state index is -1.09. The van der Waals surface area contributed by atoms with Crippen LogP contribution in [-0.2, 0) is 16.1 Å². The van der Waals surface area contributed by atoms with E-state index in [4.69, 9.17) is 21.6 Å². The van der Waals surface area contributed by atoms with E-state index in [1.165, 1.54) is 21.6 Å². The van der Waals surface area contributed by atoms with Crippen molar-refractivity contribution in [2.45, 2.75) is 45.4 Å². The number of fused-ring (bicyclic) bond motifs is 1. The van der Waals surface area contributed by atoms with E-state index in [2.05, 4.69) is 10.6 Å². The van der Waals surface area contributed by atoms with Gasteiger partial charge >= 0.3 is 11.7 Å². The van der Waals surface area contributed by atoms with Crippen LogP contribution in [0.4, 0.5) is 20.6 Å². The van der Waals surface area contributed by atoms with Crippen molar-refractivity contribution in [1.82, 2.24) is 14.0 Å². The molecular formula is C28H28ClFN6O5. The maximum Gasteiger partial charge on any atom is 0.331 e. The van der Waals surface area contributed by atoms with Crippen LogP contribution in [0, 0.1) is 23.1 Å². The van der Waals surface area contributed by atoms with Gasteiger partial charge in [0.2, 0.25) is 0 Å². The number of ether oxygens (including phenoxy) is 1. The monoisotopic (exact) mass is 582 g/mol. The summed E-state index contributed by atoms with van der Waals surface area (Å²) in [6.07, 6.45) is 0.877. The molecule has 41 heavy (non-hydrogen) atoms. The van der Waals surface area contributed by atoms with E-state index >= 15 is 0 Å². The van der Waals surface area contributed by atoms with Gasteiger partial charge in [-0.05, 0) is 62.9 Å². The minimum absolute atomic E-state index is 0.0619. The molecule has 5 rings (SSSR count). The van der Waals surface area contributed by atoms with Crippen LogP contribution in [0.2, 0.25) is 5.02 Å². The van der Waals surface area contributed by atoms with E-state index in [1.54, 1.807) is 28.8 Å². The zero-order valence-electron chi connectivity index (χ0n) is 22.4. The molecule has 0 bridgehead atoms. The smallest absolute Gasteiger partial charge is 0.331 e. The van der Waals surface area contributed by atoms with Crippen LogP contribution in [0.25, 0.3) is 10.9 Å². The van der Waals surface area contributed by atoms with Gasteiger partial charge in [-0.3, -0.25) is 18.7 Å². The second-order valence-corrected chi connectivity index (χ2v) is 10.8. The van der Waals surface area contributed by atoms with E-state index in [1.807, 2.05) is 13.8 Å². The van der Waals surface area contributed by atoms with Gasteiger partial charge in [0.15, 0.2) is 11.9 Å². The number of anilines is 2. The van der Waals surface area contributed by atoms with Crippen molar-refractivity contribution < 1.29 is 18.7 Å². The predicted octanol–water partition coefficient (Wildman–Crippen LogP) is 3.69. The number of carbonyl (C=O) groups excluding carboxylic acids is 2. The van der Waals surface area contributed by atoms with Crippen LogP contribution < -0.4 is 21.9 Å². The van der Waals surface area contributed by atoms with E-state index in [-0.39, 0.29) is 42.7 Å². The molecule has 2 aliphatic rings. The van der Waals surface area contributed by atoms with E-state index in [0.717, 1.165) is 12.8 Å². The maximum atomic E-state index is 14.5. The summed E-state index contributed by atoms with van der Waals surface area (Å²) in [6, 6.07) is 8.38. The van der Waals surface area contributed by atoms with Gasteiger partial charge in [0.05, 0.1) is 40.3 Å². The zero-order valence-corrected chi connectivity index (χ0v) is 23.2. The molecule has 1 saturated heterocycles. The number of urea groups is 1. The molecule has 11 nitrogen and oxygen atoms in total. The average Bonchev–Trinajstić information content (AvgIpc) is 3.78. The van der Waals surface area contributed by atoms with Crippen LogP contribution >= 0.6 is 11.6 Å². The molecule has 3 aromatic rings. The Kier molecular flexibility index (Phi) is 7.84. The summed E-state index contributed by atoms with van der Waals surface area (Å²) >= 11 is 5.84. The number of morpholine rings is 1. The number of carbonyl (C=O) groups is 2. The fourth-order valence-corrected chi connectivity index (χ4v) is 5.03. The minimum Gasteiger partial charge on any atom is -0.365 e. The lowest BCUT2D eigenvalue weighted by Crippen LogP contribution is -2.51. The van der Waals surface area contributed by atoms with Crippen molar-refractivity contribution in [2.75, 3.05) is 30.3 Å². The summed E-state index contributed by atoms with van der Waals surface area (Å²) in [6.45, 7) is 4.26. The molecule has 13 heteroatoms. The summed E-state index contributed by atoms with van der Waals surface area (Å²) in [5.74, 6) is -1.31. The van der Waals surface area contributed by atoms with Crippen molar-refractivity contribution in [1.29, 1.82) is 5.26 Å². The normalized spacial score (nSPS) is 17.0. The second kappa shape index (κ2) is 11.3. The SMILES string of the molecule is CC(C)n1c(=O)n(CC2CC2)c(=O)c2cc(NC(=O)N3CCOC(C(=O)Nc4ccc(C#N)c(Cl)c4F)C3)ccc21. The summed E-state index contributed by atoms with van der Waals surface area (Å²) < 4.78 is 22.9. The highest BCUT2D eigenvalue weighted by Gasteiger charge is 2.31. The number of nitrogens with zero attached hydrogens (tertiary/aromatic N) is 4. The van der Waals surface area contributed by atoms with Gasteiger partial charge in [0, 0.05) is 24.8 Å². The summed E-state index contributed by atoms with van der Waals surface area (Å²) in [4.78, 5) is 53.7. The first kappa shape index (κ1) is 28.3. The fraction of sp³-hybridized carbons (Fsp3) is 0.393. The molecule has 2 fully saturated rings. The Morgan fingerprint density at radius 2 is 1.95 bits per heavy atom. The van der Waals surface area contributed by atoms with E-state index in [0.29, 0.717) is 29.1 Å². The van der Waals surface area contributed by atoms with Crippen molar-refractivity contribution in [2.24, 2.45) is 5.92 Å². The quantitative estimate of drug-likeness (QED) is 0.454. The third kappa shape index (κ3) is 5.68. The van der Waals surface area contributed by atoms with Crippen molar-refractivity contribution in [3.05, 3.63) is 67.6 Å². The number of nitriles is 1. The van der Waals surface area contributed by atoms with Crippen LogP contribution in [0.3, 0.4) is 0 Å². The molecule has 1 aromatic heterocycles. The highest BCUT2D eigenvalue weighted by atomic mass is 35.5. The number of hydrogen-bond donors (Lipinski definition) is 2. The van der Waals surface area contributed by atoms with E-state index < -0.39 is 34.4 Å². The Hall–Kier alpha value is -4.21. The number of aromatic nitrogens is 2. The van der Waals surface area contributed by atoms with Gasteiger partial charge in [0.25, 0.3) is 11.5 Å². The summed E-state index contributed by atoms with van der Waals surface area (Å²) in [5.41, 5.74) is -0.189. The van der Waals surface area contributed by atoms with Gasteiger partial charge in [0.1, 0.15) is 6.07 Å². The second-order valence-electron chi connectivity index (χ2n) is 10.5. The van der Waals surface area contributed by atoms with Crippen molar-refractivity contribution >= 4 is 45.8 Å².